The molecule has 0 bridgehead atoms. The molecule has 3 nitrogen and oxygen atoms in total. The van der Waals surface area contributed by atoms with E-state index in [9.17, 15) is 0 Å². The maximum absolute atomic E-state index is 6.02. The van der Waals surface area contributed by atoms with Crippen LogP contribution in [0.4, 0.5) is 0 Å². The van der Waals surface area contributed by atoms with E-state index in [1.54, 1.807) is 0 Å². The molecule has 0 aliphatic carbocycles. The summed E-state index contributed by atoms with van der Waals surface area (Å²) in [6.07, 6.45) is 0.857. The summed E-state index contributed by atoms with van der Waals surface area (Å²) in [7, 11) is 0. The van der Waals surface area contributed by atoms with Gasteiger partial charge in [0, 0.05) is 17.6 Å². The van der Waals surface area contributed by atoms with Gasteiger partial charge in [0.15, 0.2) is 0 Å². The molecule has 5 N–H and O–H groups in total. The Kier molecular flexibility index (Phi) is 4.66. The van der Waals surface area contributed by atoms with E-state index >= 15 is 0 Å². The summed E-state index contributed by atoms with van der Waals surface area (Å²) in [6, 6.07) is 0. The Labute approximate surface area is 86.3 Å². The summed E-state index contributed by atoms with van der Waals surface area (Å²) in [5.41, 5.74) is 11.5. The van der Waals surface area contributed by atoms with Crippen molar-refractivity contribution in [1.82, 2.24) is 4.84 Å². The van der Waals surface area contributed by atoms with Gasteiger partial charge in [-0.1, -0.05) is 0 Å². The fraction of sp³-hybridized carbons (Fsp3) is 1.00. The van der Waals surface area contributed by atoms with E-state index in [-0.39, 0.29) is 17.0 Å². The zero-order valence-corrected chi connectivity index (χ0v) is 9.78. The van der Waals surface area contributed by atoms with Crippen LogP contribution in [-0.4, -0.2) is 17.6 Å². The highest BCUT2D eigenvalue weighted by Gasteiger charge is 2.29. The molecule has 0 aromatic carbocycles. The van der Waals surface area contributed by atoms with Crippen LogP contribution in [-0.2, 0) is 0 Å². The van der Waals surface area contributed by atoms with E-state index < -0.39 is 0 Å². The number of rotatable bonds is 5. The van der Waals surface area contributed by atoms with Gasteiger partial charge in [-0.25, -0.2) is 4.84 Å². The molecule has 0 spiro atoms. The first-order valence-electron chi connectivity index (χ1n) is 4.58. The van der Waals surface area contributed by atoms with Crippen LogP contribution in [0, 0.1) is 5.92 Å². The minimum absolute atomic E-state index is 0.199. The van der Waals surface area contributed by atoms with Crippen molar-refractivity contribution in [3.05, 3.63) is 0 Å². The SMILES string of the molecule is CC(C)(N)CC(CNCl)C(C)(C)N. The Morgan fingerprint density at radius 1 is 1.23 bits per heavy atom. The van der Waals surface area contributed by atoms with Crippen LogP contribution < -0.4 is 16.3 Å². The second-order valence-electron chi connectivity index (χ2n) is 5.05. The van der Waals surface area contributed by atoms with Gasteiger partial charge >= 0.3 is 0 Å². The Morgan fingerprint density at radius 3 is 1.92 bits per heavy atom. The highest BCUT2D eigenvalue weighted by Crippen LogP contribution is 2.22. The molecule has 80 valence electrons. The number of nitrogens with two attached hydrogens (primary N) is 2. The Morgan fingerprint density at radius 2 is 1.69 bits per heavy atom. The van der Waals surface area contributed by atoms with E-state index in [2.05, 4.69) is 4.84 Å². The van der Waals surface area contributed by atoms with E-state index in [4.69, 9.17) is 23.2 Å². The second-order valence-corrected chi connectivity index (χ2v) is 5.32. The molecular formula is C9H22ClN3. The van der Waals surface area contributed by atoms with Crippen LogP contribution in [0.1, 0.15) is 34.1 Å². The number of hydrogen-bond donors (Lipinski definition) is 3. The van der Waals surface area contributed by atoms with Crippen LogP contribution in [0.2, 0.25) is 0 Å². The van der Waals surface area contributed by atoms with E-state index in [1.807, 2.05) is 27.7 Å². The predicted octanol–water partition coefficient (Wildman–Crippen LogP) is 1.21. The van der Waals surface area contributed by atoms with Gasteiger partial charge in [0.2, 0.25) is 0 Å². The predicted molar refractivity (Wildman–Crippen MR) is 58.5 cm³/mol. The summed E-state index contributed by atoms with van der Waals surface area (Å²) >= 11 is 5.48. The zero-order chi connectivity index (χ0) is 10.7. The van der Waals surface area contributed by atoms with Gasteiger partial charge < -0.3 is 11.5 Å². The zero-order valence-electron chi connectivity index (χ0n) is 9.02. The molecule has 0 aromatic heterocycles. The Balaban J connectivity index is 4.27. The fourth-order valence-electron chi connectivity index (χ4n) is 1.33. The van der Waals surface area contributed by atoms with Gasteiger partial charge in [-0.2, -0.15) is 0 Å². The van der Waals surface area contributed by atoms with Gasteiger partial charge in [-0.05, 0) is 51.8 Å². The third kappa shape index (κ3) is 6.27. The number of hydrogen-bond acceptors (Lipinski definition) is 3. The van der Waals surface area contributed by atoms with Crippen molar-refractivity contribution < 1.29 is 0 Å². The first-order valence-corrected chi connectivity index (χ1v) is 4.96. The lowest BCUT2D eigenvalue weighted by Gasteiger charge is -2.34. The Hall–Kier alpha value is 0.170. The molecule has 0 aromatic rings. The molecule has 0 saturated heterocycles. The van der Waals surface area contributed by atoms with Crippen LogP contribution in [0.5, 0.6) is 0 Å². The molecule has 0 aliphatic rings. The molecule has 0 rings (SSSR count). The van der Waals surface area contributed by atoms with E-state index in [0.717, 1.165) is 6.42 Å². The molecule has 0 fully saturated rings. The topological polar surface area (TPSA) is 64.1 Å². The second kappa shape index (κ2) is 4.60. The molecule has 0 saturated carbocycles. The average molecular weight is 208 g/mol. The van der Waals surface area contributed by atoms with Crippen LogP contribution in [0.15, 0.2) is 0 Å². The molecular weight excluding hydrogens is 186 g/mol. The highest BCUT2D eigenvalue weighted by atomic mass is 35.5. The van der Waals surface area contributed by atoms with Gasteiger partial charge in [0.1, 0.15) is 0 Å². The van der Waals surface area contributed by atoms with Crippen molar-refractivity contribution in [2.75, 3.05) is 6.54 Å². The van der Waals surface area contributed by atoms with E-state index in [1.165, 1.54) is 0 Å². The number of halogens is 1. The molecule has 0 heterocycles. The molecule has 1 unspecified atom stereocenters. The molecule has 4 heteroatoms. The standard InChI is InChI=1S/C9H22ClN3/c1-8(2,11)5-7(6-13-10)9(3,4)12/h7,13H,5-6,11-12H2,1-4H3. The van der Waals surface area contributed by atoms with Gasteiger partial charge in [-0.3, -0.25) is 0 Å². The molecule has 0 aliphatic heterocycles. The number of nitrogens with one attached hydrogen (secondary N) is 1. The lowest BCUT2D eigenvalue weighted by atomic mass is 9.80. The normalized spacial score (nSPS) is 15.9. The molecule has 0 amide bonds. The van der Waals surface area contributed by atoms with Crippen LogP contribution >= 0.6 is 11.8 Å². The monoisotopic (exact) mass is 207 g/mol. The first-order chi connectivity index (χ1) is 5.67. The van der Waals surface area contributed by atoms with E-state index in [0.29, 0.717) is 6.54 Å². The van der Waals surface area contributed by atoms with Crippen molar-refractivity contribution in [2.24, 2.45) is 17.4 Å². The summed E-state index contributed by atoms with van der Waals surface area (Å²) in [6.45, 7) is 8.68. The maximum Gasteiger partial charge on any atom is 0.0154 e. The lowest BCUT2D eigenvalue weighted by Crippen LogP contribution is -2.49. The highest BCUT2D eigenvalue weighted by molar-refractivity contribution is 6.13. The summed E-state index contributed by atoms with van der Waals surface area (Å²) < 4.78 is 0. The summed E-state index contributed by atoms with van der Waals surface area (Å²) in [5, 5.41) is 0. The third-order valence-corrected chi connectivity index (χ3v) is 2.30. The van der Waals surface area contributed by atoms with Gasteiger partial charge in [0.05, 0.1) is 0 Å². The fourth-order valence-corrected chi connectivity index (χ4v) is 1.51. The van der Waals surface area contributed by atoms with Crippen molar-refractivity contribution in [2.45, 2.75) is 45.2 Å². The molecule has 1 atom stereocenters. The first kappa shape index (κ1) is 13.2. The average Bonchev–Trinajstić information content (AvgIpc) is 1.81. The third-order valence-electron chi connectivity index (χ3n) is 2.15. The molecule has 0 radical (unpaired) electrons. The maximum atomic E-state index is 6.02. The van der Waals surface area contributed by atoms with Crippen molar-refractivity contribution in [3.8, 4) is 0 Å². The van der Waals surface area contributed by atoms with Crippen LogP contribution in [0.3, 0.4) is 0 Å². The van der Waals surface area contributed by atoms with Gasteiger partial charge in [0.25, 0.3) is 0 Å². The molecule has 13 heavy (non-hydrogen) atoms. The summed E-state index contributed by atoms with van der Waals surface area (Å²) in [4.78, 5) is 2.63. The quantitative estimate of drug-likeness (QED) is 0.594. The Bertz CT molecular complexity index is 146. The van der Waals surface area contributed by atoms with Gasteiger partial charge in [-0.15, -0.1) is 0 Å². The van der Waals surface area contributed by atoms with Crippen molar-refractivity contribution in [3.63, 3.8) is 0 Å². The van der Waals surface area contributed by atoms with Crippen LogP contribution in [0.25, 0.3) is 0 Å². The van der Waals surface area contributed by atoms with Crippen molar-refractivity contribution in [1.29, 1.82) is 0 Å². The lowest BCUT2D eigenvalue weighted by molar-refractivity contribution is 0.253. The van der Waals surface area contributed by atoms with Crippen molar-refractivity contribution >= 4 is 11.8 Å². The smallest absolute Gasteiger partial charge is 0.0154 e. The minimum atomic E-state index is -0.251. The summed E-state index contributed by atoms with van der Waals surface area (Å²) in [5.74, 6) is 0.282. The largest absolute Gasteiger partial charge is 0.326 e. The minimum Gasteiger partial charge on any atom is -0.326 e.